The van der Waals surface area contributed by atoms with E-state index >= 15 is 0 Å². The van der Waals surface area contributed by atoms with Crippen molar-refractivity contribution >= 4 is 28.3 Å². The Morgan fingerprint density at radius 1 is 1.18 bits per heavy atom. The molecule has 2 aromatic carbocycles. The minimum absolute atomic E-state index is 0.251. The second-order valence-corrected chi connectivity index (χ2v) is 8.53. The third-order valence-electron chi connectivity index (χ3n) is 6.06. The van der Waals surface area contributed by atoms with Gasteiger partial charge in [-0.2, -0.15) is 0 Å². The molecule has 0 spiro atoms. The fraction of sp³-hybridized carbons (Fsp3) is 0.333. The van der Waals surface area contributed by atoms with Crippen LogP contribution in [0.1, 0.15) is 12.0 Å². The molecule has 0 radical (unpaired) electrons. The summed E-state index contributed by atoms with van der Waals surface area (Å²) in [5.41, 5.74) is 2.54. The molecule has 2 saturated heterocycles. The zero-order valence-corrected chi connectivity index (χ0v) is 18.4. The van der Waals surface area contributed by atoms with Gasteiger partial charge in [0.05, 0.1) is 5.52 Å². The number of pyridine rings is 1. The summed E-state index contributed by atoms with van der Waals surface area (Å²) in [7, 11) is 0. The van der Waals surface area contributed by atoms with E-state index in [0.717, 1.165) is 53.9 Å². The van der Waals surface area contributed by atoms with Crippen LogP contribution in [0.25, 0.3) is 10.9 Å². The van der Waals surface area contributed by atoms with Gasteiger partial charge in [-0.3, -0.25) is 4.79 Å². The Balaban J connectivity index is 1.21. The van der Waals surface area contributed by atoms with E-state index in [0.29, 0.717) is 17.8 Å². The van der Waals surface area contributed by atoms with Crippen molar-refractivity contribution in [2.45, 2.75) is 31.8 Å². The average molecular weight is 472 g/mol. The lowest BCUT2D eigenvalue weighted by atomic mass is 10.1. The fourth-order valence-corrected chi connectivity index (χ4v) is 4.53. The van der Waals surface area contributed by atoms with Gasteiger partial charge in [0, 0.05) is 36.2 Å². The number of alkyl halides is 3. The first-order chi connectivity index (χ1) is 16.2. The van der Waals surface area contributed by atoms with Crippen LogP contribution in [0.2, 0.25) is 0 Å². The number of fused-ring (bicyclic) bond motifs is 3. The number of rotatable bonds is 6. The van der Waals surface area contributed by atoms with Crippen molar-refractivity contribution in [3.8, 4) is 11.5 Å². The molecule has 2 aliphatic heterocycles. The summed E-state index contributed by atoms with van der Waals surface area (Å²) >= 11 is 0. The first-order valence-electron chi connectivity index (χ1n) is 10.9. The molecule has 2 N–H and O–H groups in total. The van der Waals surface area contributed by atoms with E-state index in [2.05, 4.69) is 26.3 Å². The number of amides is 1. The van der Waals surface area contributed by atoms with Gasteiger partial charge in [-0.25, -0.2) is 4.98 Å². The number of nitrogens with one attached hydrogen (secondary N) is 2. The van der Waals surface area contributed by atoms with Gasteiger partial charge in [-0.15, -0.1) is 13.2 Å². The molecule has 5 rings (SSSR count). The minimum Gasteiger partial charge on any atom is -0.484 e. The number of anilines is 2. The molecule has 2 aliphatic rings. The van der Waals surface area contributed by atoms with Crippen molar-refractivity contribution in [3.63, 3.8) is 0 Å². The smallest absolute Gasteiger partial charge is 0.484 e. The standard InChI is InChI=1S/C24H23F3N4O3/c1-14-8-22(31-12-16-9-17(31)11-28-16)30-21-7-2-15(10-20(14)21)29-23(32)13-33-18-3-5-19(6-4-18)34-24(25,26)27/h2-8,10,16-17,28H,9,11-13H2,1H3,(H,29,32)/t16-,17-/m1/s1. The summed E-state index contributed by atoms with van der Waals surface area (Å²) in [5.74, 6) is 0.483. The van der Waals surface area contributed by atoms with Gasteiger partial charge in [0.1, 0.15) is 17.3 Å². The minimum atomic E-state index is -4.76. The molecule has 0 aliphatic carbocycles. The van der Waals surface area contributed by atoms with Crippen molar-refractivity contribution in [1.82, 2.24) is 10.3 Å². The number of nitrogens with zero attached hydrogens (tertiary/aromatic N) is 2. The van der Waals surface area contributed by atoms with Gasteiger partial charge in [-0.05, 0) is 67.4 Å². The number of halogens is 3. The van der Waals surface area contributed by atoms with Crippen molar-refractivity contribution in [1.29, 1.82) is 0 Å². The maximum atomic E-state index is 12.3. The van der Waals surface area contributed by atoms with Crippen LogP contribution < -0.4 is 25.0 Å². The Kier molecular flexibility index (Phi) is 5.68. The van der Waals surface area contributed by atoms with Gasteiger partial charge in [-0.1, -0.05) is 0 Å². The van der Waals surface area contributed by atoms with Gasteiger partial charge in [0.15, 0.2) is 6.61 Å². The SMILES string of the molecule is Cc1cc(N2C[C@H]3C[C@@H]2CN3)nc2ccc(NC(=O)COc3ccc(OC(F)(F)F)cc3)cc12. The number of carbonyl (C=O) groups is 1. The van der Waals surface area contributed by atoms with Gasteiger partial charge in [0.25, 0.3) is 5.91 Å². The molecule has 7 nitrogen and oxygen atoms in total. The van der Waals surface area contributed by atoms with Gasteiger partial charge < -0.3 is 25.0 Å². The Morgan fingerprint density at radius 3 is 2.62 bits per heavy atom. The van der Waals surface area contributed by atoms with Crippen LogP contribution in [-0.4, -0.2) is 49.0 Å². The third-order valence-corrected chi connectivity index (χ3v) is 6.06. The summed E-state index contributed by atoms with van der Waals surface area (Å²) in [5, 5.41) is 7.23. The monoisotopic (exact) mass is 472 g/mol. The molecular formula is C24H23F3N4O3. The van der Waals surface area contributed by atoms with Crippen LogP contribution in [0.5, 0.6) is 11.5 Å². The number of benzene rings is 2. The first-order valence-corrected chi connectivity index (χ1v) is 10.9. The zero-order chi connectivity index (χ0) is 23.9. The number of piperazine rings is 1. The number of hydrogen-bond acceptors (Lipinski definition) is 6. The predicted octanol–water partition coefficient (Wildman–Crippen LogP) is 4.01. The lowest BCUT2D eigenvalue weighted by molar-refractivity contribution is -0.274. The van der Waals surface area contributed by atoms with E-state index in [1.807, 2.05) is 19.1 Å². The molecule has 2 fully saturated rings. The highest BCUT2D eigenvalue weighted by molar-refractivity contribution is 5.95. The van der Waals surface area contributed by atoms with E-state index in [9.17, 15) is 18.0 Å². The van der Waals surface area contributed by atoms with Crippen LogP contribution >= 0.6 is 0 Å². The van der Waals surface area contributed by atoms with Gasteiger partial charge in [0.2, 0.25) is 0 Å². The summed E-state index contributed by atoms with van der Waals surface area (Å²) in [6.07, 6.45) is -3.61. The normalized spacial score (nSPS) is 19.5. The van der Waals surface area contributed by atoms with E-state index in [1.54, 1.807) is 6.07 Å². The van der Waals surface area contributed by atoms with Crippen LogP contribution in [0.15, 0.2) is 48.5 Å². The molecular weight excluding hydrogens is 449 g/mol. The molecule has 2 bridgehead atoms. The quantitative estimate of drug-likeness (QED) is 0.565. The largest absolute Gasteiger partial charge is 0.573 e. The van der Waals surface area contributed by atoms with E-state index < -0.39 is 12.3 Å². The summed E-state index contributed by atoms with van der Waals surface area (Å²) < 4.78 is 45.9. The number of carbonyl (C=O) groups excluding carboxylic acids is 1. The molecule has 34 heavy (non-hydrogen) atoms. The lowest BCUT2D eigenvalue weighted by Gasteiger charge is -2.29. The Labute approximate surface area is 193 Å². The fourth-order valence-electron chi connectivity index (χ4n) is 4.53. The predicted molar refractivity (Wildman–Crippen MR) is 121 cm³/mol. The highest BCUT2D eigenvalue weighted by atomic mass is 19.4. The summed E-state index contributed by atoms with van der Waals surface area (Å²) in [6.45, 7) is 3.69. The Bertz CT molecular complexity index is 1220. The maximum absolute atomic E-state index is 12.3. The van der Waals surface area contributed by atoms with E-state index in [4.69, 9.17) is 9.72 Å². The molecule has 10 heteroatoms. The number of aryl methyl sites for hydroxylation is 1. The van der Waals surface area contributed by atoms with Crippen LogP contribution in [0.3, 0.4) is 0 Å². The van der Waals surface area contributed by atoms with Crippen LogP contribution in [-0.2, 0) is 4.79 Å². The number of ether oxygens (including phenoxy) is 2. The van der Waals surface area contributed by atoms with Crippen molar-refractivity contribution in [2.24, 2.45) is 0 Å². The van der Waals surface area contributed by atoms with Crippen molar-refractivity contribution < 1.29 is 27.4 Å². The Morgan fingerprint density at radius 2 is 1.94 bits per heavy atom. The van der Waals surface area contributed by atoms with Crippen LogP contribution in [0.4, 0.5) is 24.7 Å². The van der Waals surface area contributed by atoms with Crippen LogP contribution in [0, 0.1) is 6.92 Å². The topological polar surface area (TPSA) is 75.7 Å². The first kappa shape index (κ1) is 22.3. The Hall–Kier alpha value is -3.53. The van der Waals surface area contributed by atoms with E-state index in [-0.39, 0.29) is 18.1 Å². The summed E-state index contributed by atoms with van der Waals surface area (Å²) in [4.78, 5) is 19.5. The molecule has 2 atom stereocenters. The number of hydrogen-bond donors (Lipinski definition) is 2. The van der Waals surface area contributed by atoms with Gasteiger partial charge >= 0.3 is 6.36 Å². The molecule has 3 heterocycles. The second kappa shape index (κ2) is 8.68. The molecule has 178 valence electrons. The van der Waals surface area contributed by atoms with Crippen molar-refractivity contribution in [2.75, 3.05) is 29.9 Å². The second-order valence-electron chi connectivity index (χ2n) is 8.53. The molecule has 0 saturated carbocycles. The van der Waals surface area contributed by atoms with Crippen molar-refractivity contribution in [3.05, 3.63) is 54.1 Å². The molecule has 3 aromatic rings. The van der Waals surface area contributed by atoms with E-state index in [1.165, 1.54) is 12.1 Å². The molecule has 0 unspecified atom stereocenters. The lowest BCUT2D eigenvalue weighted by Crippen LogP contribution is -2.44. The maximum Gasteiger partial charge on any atom is 0.573 e. The number of aromatic nitrogens is 1. The summed E-state index contributed by atoms with van der Waals surface area (Å²) in [6, 6.07) is 13.5. The average Bonchev–Trinajstić information content (AvgIpc) is 3.42. The molecule has 1 amide bonds. The zero-order valence-electron chi connectivity index (χ0n) is 18.4. The highest BCUT2D eigenvalue weighted by Crippen LogP contribution is 2.31. The highest BCUT2D eigenvalue weighted by Gasteiger charge is 2.38. The third kappa shape index (κ3) is 4.86. The molecule has 1 aromatic heterocycles.